The first-order valence-electron chi connectivity index (χ1n) is 9.64. The Kier molecular flexibility index (Phi) is 6.65. The Balaban J connectivity index is 2.08. The highest BCUT2D eigenvalue weighted by molar-refractivity contribution is 5.98. The third-order valence-electron chi connectivity index (χ3n) is 4.75. The maximum Gasteiger partial charge on any atom is 0.269 e. The van der Waals surface area contributed by atoms with Crippen molar-refractivity contribution >= 4 is 16.7 Å². The Bertz CT molecular complexity index is 1000. The molecule has 2 aromatic carbocycles. The summed E-state index contributed by atoms with van der Waals surface area (Å²) in [6, 6.07) is 11.7. The minimum absolute atomic E-state index is 0.213. The predicted octanol–water partition coefficient (Wildman–Crippen LogP) is 4.51. The molecular weight excluding hydrogens is 371 g/mol. The lowest BCUT2D eigenvalue weighted by atomic mass is 10.0. The summed E-state index contributed by atoms with van der Waals surface area (Å²) in [5.41, 5.74) is 1.96. The van der Waals surface area contributed by atoms with E-state index in [9.17, 15) is 9.18 Å². The van der Waals surface area contributed by atoms with Crippen LogP contribution in [0.5, 0.6) is 11.5 Å². The lowest BCUT2D eigenvalue weighted by molar-refractivity contribution is 0.0948. The molecule has 0 aliphatic carbocycles. The van der Waals surface area contributed by atoms with Crippen LogP contribution >= 0.6 is 0 Å². The Hall–Kier alpha value is -3.15. The number of fused-ring (bicyclic) bond motifs is 1. The van der Waals surface area contributed by atoms with E-state index in [1.165, 1.54) is 12.1 Å². The van der Waals surface area contributed by atoms with Gasteiger partial charge in [-0.3, -0.25) is 4.79 Å². The second-order valence-electron chi connectivity index (χ2n) is 6.80. The maximum atomic E-state index is 13.3. The molecule has 1 heterocycles. The van der Waals surface area contributed by atoms with Crippen molar-refractivity contribution < 1.29 is 18.7 Å². The molecule has 0 atom stereocenters. The number of methoxy groups -OCH3 is 2. The third-order valence-corrected chi connectivity index (χ3v) is 4.75. The molecular formula is C23H25FN2O3. The first-order chi connectivity index (χ1) is 14.0. The van der Waals surface area contributed by atoms with E-state index in [-0.39, 0.29) is 11.7 Å². The Labute approximate surface area is 169 Å². The molecule has 0 bridgehead atoms. The quantitative estimate of drug-likeness (QED) is 0.569. The van der Waals surface area contributed by atoms with Gasteiger partial charge in [0.2, 0.25) is 0 Å². The fourth-order valence-corrected chi connectivity index (χ4v) is 3.17. The van der Waals surface area contributed by atoms with E-state index < -0.39 is 0 Å². The number of pyridine rings is 1. The molecule has 3 aromatic rings. The lowest BCUT2D eigenvalue weighted by Crippen LogP contribution is -2.25. The molecule has 1 N–H and O–H groups in total. The van der Waals surface area contributed by atoms with Crippen molar-refractivity contribution in [3.63, 3.8) is 0 Å². The third kappa shape index (κ3) is 4.83. The van der Waals surface area contributed by atoms with Crippen LogP contribution in [0.15, 0.2) is 42.5 Å². The van der Waals surface area contributed by atoms with E-state index in [4.69, 9.17) is 9.47 Å². The molecule has 6 heteroatoms. The number of hydrogen-bond donors (Lipinski definition) is 1. The number of carbonyl (C=O) groups excluding carboxylic acids is 1. The van der Waals surface area contributed by atoms with Crippen molar-refractivity contribution in [2.75, 3.05) is 20.8 Å². The van der Waals surface area contributed by atoms with Crippen LogP contribution < -0.4 is 14.8 Å². The number of carbonyl (C=O) groups is 1. The molecule has 0 saturated heterocycles. The van der Waals surface area contributed by atoms with Crippen molar-refractivity contribution in [2.45, 2.75) is 26.2 Å². The fraction of sp³-hybridized carbons (Fsp3) is 0.304. The van der Waals surface area contributed by atoms with Gasteiger partial charge < -0.3 is 14.8 Å². The largest absolute Gasteiger partial charge is 0.493 e. The van der Waals surface area contributed by atoms with Crippen LogP contribution in [0.4, 0.5) is 4.39 Å². The number of rotatable bonds is 8. The summed E-state index contributed by atoms with van der Waals surface area (Å²) < 4.78 is 24.1. The average molecular weight is 396 g/mol. The van der Waals surface area contributed by atoms with Crippen molar-refractivity contribution in [2.24, 2.45) is 0 Å². The van der Waals surface area contributed by atoms with Crippen molar-refractivity contribution in [1.29, 1.82) is 0 Å². The van der Waals surface area contributed by atoms with Crippen LogP contribution in [0, 0.1) is 5.82 Å². The zero-order valence-corrected chi connectivity index (χ0v) is 16.9. The molecule has 0 spiro atoms. The number of aromatic nitrogens is 1. The van der Waals surface area contributed by atoms with E-state index in [2.05, 4.69) is 17.2 Å². The minimum atomic E-state index is -0.290. The van der Waals surface area contributed by atoms with E-state index in [0.29, 0.717) is 30.2 Å². The molecule has 5 nitrogen and oxygen atoms in total. The molecule has 0 unspecified atom stereocenters. The highest BCUT2D eigenvalue weighted by Crippen LogP contribution is 2.34. The summed E-state index contributed by atoms with van der Waals surface area (Å²) in [4.78, 5) is 17.2. The molecule has 1 amide bonds. The van der Waals surface area contributed by atoms with Gasteiger partial charge in [-0.15, -0.1) is 0 Å². The summed E-state index contributed by atoms with van der Waals surface area (Å²) >= 11 is 0. The van der Waals surface area contributed by atoms with Gasteiger partial charge in [-0.05, 0) is 47.7 Å². The first kappa shape index (κ1) is 20.6. The number of amides is 1. The van der Waals surface area contributed by atoms with Gasteiger partial charge in [0.25, 0.3) is 5.91 Å². The fourth-order valence-electron chi connectivity index (χ4n) is 3.17. The topological polar surface area (TPSA) is 60.5 Å². The monoisotopic (exact) mass is 396 g/mol. The predicted molar refractivity (Wildman–Crippen MR) is 111 cm³/mol. The van der Waals surface area contributed by atoms with E-state index in [0.717, 1.165) is 34.9 Å². The van der Waals surface area contributed by atoms with Crippen LogP contribution in [0.1, 0.15) is 41.5 Å². The zero-order chi connectivity index (χ0) is 20.8. The summed E-state index contributed by atoms with van der Waals surface area (Å²) in [7, 11) is 3.15. The second-order valence-corrected chi connectivity index (χ2v) is 6.80. The van der Waals surface area contributed by atoms with Gasteiger partial charge in [-0.2, -0.15) is 0 Å². The molecule has 3 rings (SSSR count). The minimum Gasteiger partial charge on any atom is -0.493 e. The van der Waals surface area contributed by atoms with Gasteiger partial charge in [0, 0.05) is 18.4 Å². The zero-order valence-electron chi connectivity index (χ0n) is 16.9. The molecule has 0 radical (unpaired) electrons. The van der Waals surface area contributed by atoms with Gasteiger partial charge in [-0.25, -0.2) is 9.37 Å². The van der Waals surface area contributed by atoms with Crippen LogP contribution in [-0.2, 0) is 6.42 Å². The molecule has 0 fully saturated rings. The van der Waals surface area contributed by atoms with Gasteiger partial charge in [0.15, 0.2) is 11.5 Å². The summed E-state index contributed by atoms with van der Waals surface area (Å²) in [6.45, 7) is 2.68. The SMILES string of the molecule is CCCCNC(=O)c1cc2cc(OC)c(OC)cc2c(Cc2ccc(F)cc2)n1. The number of benzene rings is 2. The van der Waals surface area contributed by atoms with Crippen LogP contribution in [-0.4, -0.2) is 31.7 Å². The first-order valence-corrected chi connectivity index (χ1v) is 9.64. The number of halogens is 1. The molecule has 0 saturated carbocycles. The van der Waals surface area contributed by atoms with E-state index >= 15 is 0 Å². The van der Waals surface area contributed by atoms with Gasteiger partial charge in [0.1, 0.15) is 11.5 Å². The molecule has 0 aliphatic heterocycles. The van der Waals surface area contributed by atoms with Crippen molar-refractivity contribution in [3.8, 4) is 11.5 Å². The number of nitrogens with zero attached hydrogens (tertiary/aromatic N) is 1. The van der Waals surface area contributed by atoms with Gasteiger partial charge in [0.05, 0.1) is 19.9 Å². The second kappa shape index (κ2) is 9.37. The highest BCUT2D eigenvalue weighted by atomic mass is 19.1. The Morgan fingerprint density at radius 1 is 1.07 bits per heavy atom. The normalized spacial score (nSPS) is 10.8. The average Bonchev–Trinajstić information content (AvgIpc) is 2.74. The van der Waals surface area contributed by atoms with Crippen LogP contribution in [0.2, 0.25) is 0 Å². The molecule has 1 aromatic heterocycles. The Morgan fingerprint density at radius 2 is 1.76 bits per heavy atom. The van der Waals surface area contributed by atoms with Crippen molar-refractivity contribution in [1.82, 2.24) is 10.3 Å². The standard InChI is InChI=1S/C23H25FN2O3/c1-4-5-10-25-23(27)20-12-16-13-21(28-2)22(29-3)14-18(16)19(26-20)11-15-6-8-17(24)9-7-15/h6-9,12-14H,4-5,10-11H2,1-3H3,(H,25,27). The van der Waals surface area contributed by atoms with E-state index in [1.54, 1.807) is 32.4 Å². The lowest BCUT2D eigenvalue weighted by Gasteiger charge is -2.14. The summed E-state index contributed by atoms with van der Waals surface area (Å²) in [6.07, 6.45) is 2.37. The smallest absolute Gasteiger partial charge is 0.269 e. The van der Waals surface area contributed by atoms with Crippen molar-refractivity contribution in [3.05, 3.63) is 65.2 Å². The van der Waals surface area contributed by atoms with E-state index in [1.807, 2.05) is 12.1 Å². The summed E-state index contributed by atoms with van der Waals surface area (Å²) in [5.74, 6) is 0.663. The maximum absolute atomic E-state index is 13.3. The van der Waals surface area contributed by atoms with Gasteiger partial charge in [-0.1, -0.05) is 25.5 Å². The van der Waals surface area contributed by atoms with Crippen LogP contribution in [0.25, 0.3) is 10.8 Å². The Morgan fingerprint density at radius 3 is 2.41 bits per heavy atom. The molecule has 29 heavy (non-hydrogen) atoms. The molecule has 152 valence electrons. The van der Waals surface area contributed by atoms with Crippen LogP contribution in [0.3, 0.4) is 0 Å². The number of unbranched alkanes of at least 4 members (excludes halogenated alkanes) is 1. The molecule has 0 aliphatic rings. The highest BCUT2D eigenvalue weighted by Gasteiger charge is 2.16. The number of nitrogens with one attached hydrogen (secondary N) is 1. The summed E-state index contributed by atoms with van der Waals surface area (Å²) in [5, 5.41) is 4.59. The van der Waals surface area contributed by atoms with Gasteiger partial charge >= 0.3 is 0 Å². The number of hydrogen-bond acceptors (Lipinski definition) is 4. The number of ether oxygens (including phenoxy) is 2.